The van der Waals surface area contributed by atoms with Crippen LogP contribution in [-0.2, 0) is 23.9 Å². The minimum Gasteiger partial charge on any atom is -0.504 e. The summed E-state index contributed by atoms with van der Waals surface area (Å²) in [5, 5.41) is 60.7. The van der Waals surface area contributed by atoms with E-state index in [0.29, 0.717) is 11.1 Å². The van der Waals surface area contributed by atoms with Crippen molar-refractivity contribution in [3.63, 3.8) is 0 Å². The number of aromatic hydroxyl groups is 3. The Labute approximate surface area is 252 Å². The molecule has 1 saturated carbocycles. The van der Waals surface area contributed by atoms with Crippen molar-refractivity contribution in [2.75, 3.05) is 19.8 Å². The van der Waals surface area contributed by atoms with Crippen LogP contribution in [0.4, 0.5) is 0 Å². The number of carboxylic acid groups (broad SMARTS) is 1. The van der Waals surface area contributed by atoms with E-state index in [4.69, 9.17) is 19.9 Å². The van der Waals surface area contributed by atoms with Gasteiger partial charge in [-0.25, -0.2) is 4.79 Å². The molecule has 0 radical (unpaired) electrons. The molecule has 6 atom stereocenters. The molecule has 8 N–H and O–H groups in total. The molecular weight excluding hydrogens is 578 g/mol. The SMILES string of the molecule is NCCOc1ccc(C=CC(=O)CO[C@@]2(C(=O)O)C[C@@H](O)[C@@H](O)[C@@H]3O[C@H](C(=O)C=Cc4ccc(O)c(O)c4)CC[C@@H]32)cc1O. The smallest absolute Gasteiger partial charge is 0.336 e. The molecule has 2 aromatic rings. The number of phenols is 3. The Morgan fingerprint density at radius 2 is 1.64 bits per heavy atom. The van der Waals surface area contributed by atoms with Gasteiger partial charge < -0.3 is 50.6 Å². The molecule has 2 aliphatic rings. The van der Waals surface area contributed by atoms with Crippen LogP contribution < -0.4 is 10.5 Å². The van der Waals surface area contributed by atoms with Gasteiger partial charge in [-0.15, -0.1) is 0 Å². The van der Waals surface area contributed by atoms with Crippen LogP contribution in [0.5, 0.6) is 23.0 Å². The van der Waals surface area contributed by atoms with Gasteiger partial charge in [-0.1, -0.05) is 24.3 Å². The van der Waals surface area contributed by atoms with E-state index in [0.717, 1.165) is 6.08 Å². The Kier molecular flexibility index (Phi) is 10.4. The molecule has 1 aliphatic heterocycles. The second kappa shape index (κ2) is 14.0. The highest BCUT2D eigenvalue weighted by molar-refractivity contribution is 5.97. The van der Waals surface area contributed by atoms with Crippen LogP contribution in [0, 0.1) is 5.92 Å². The number of aliphatic hydroxyl groups excluding tert-OH is 2. The van der Waals surface area contributed by atoms with E-state index in [9.17, 15) is 45.0 Å². The minimum atomic E-state index is -2.08. The molecule has 13 nitrogen and oxygen atoms in total. The maximum Gasteiger partial charge on any atom is 0.336 e. The lowest BCUT2D eigenvalue weighted by Crippen LogP contribution is -2.66. The van der Waals surface area contributed by atoms with E-state index < -0.39 is 66.5 Å². The molecule has 13 heteroatoms. The number of nitrogens with two attached hydrogens (primary N) is 1. The van der Waals surface area contributed by atoms with Crippen LogP contribution in [0.3, 0.4) is 0 Å². The maximum absolute atomic E-state index is 12.9. The van der Waals surface area contributed by atoms with Gasteiger partial charge in [0.2, 0.25) is 0 Å². The van der Waals surface area contributed by atoms with Crippen molar-refractivity contribution in [1.29, 1.82) is 0 Å². The summed E-state index contributed by atoms with van der Waals surface area (Å²) in [5.41, 5.74) is 4.20. The monoisotopic (exact) mass is 613 g/mol. The molecule has 2 aromatic carbocycles. The van der Waals surface area contributed by atoms with Gasteiger partial charge in [0.15, 0.2) is 40.2 Å². The minimum absolute atomic E-state index is 0.0763. The highest BCUT2D eigenvalue weighted by Crippen LogP contribution is 2.45. The Balaban J connectivity index is 1.43. The van der Waals surface area contributed by atoms with Crippen LogP contribution >= 0.6 is 0 Å². The van der Waals surface area contributed by atoms with Gasteiger partial charge in [0.05, 0.1) is 12.2 Å². The summed E-state index contributed by atoms with van der Waals surface area (Å²) >= 11 is 0. The second-order valence-electron chi connectivity index (χ2n) is 10.7. The second-order valence-corrected chi connectivity index (χ2v) is 10.7. The first-order valence-electron chi connectivity index (χ1n) is 13.9. The number of rotatable bonds is 12. The first-order valence-corrected chi connectivity index (χ1v) is 13.9. The largest absolute Gasteiger partial charge is 0.504 e. The van der Waals surface area contributed by atoms with Gasteiger partial charge in [-0.2, -0.15) is 0 Å². The third-order valence-corrected chi connectivity index (χ3v) is 7.71. The topological polar surface area (TPSA) is 226 Å². The molecule has 1 heterocycles. The molecule has 4 rings (SSSR count). The molecule has 236 valence electrons. The summed E-state index contributed by atoms with van der Waals surface area (Å²) in [6.07, 6.45) is -0.616. The normalized spacial score (nSPS) is 26.8. The summed E-state index contributed by atoms with van der Waals surface area (Å²) in [4.78, 5) is 38.1. The highest BCUT2D eigenvalue weighted by Gasteiger charge is 2.60. The number of phenolic OH excluding ortho intramolecular Hbond substituents is 3. The fourth-order valence-electron chi connectivity index (χ4n) is 5.45. The summed E-state index contributed by atoms with van der Waals surface area (Å²) in [6.45, 7) is -0.186. The van der Waals surface area contributed by atoms with Gasteiger partial charge in [0, 0.05) is 18.9 Å². The highest BCUT2D eigenvalue weighted by atomic mass is 16.5. The van der Waals surface area contributed by atoms with Crippen molar-refractivity contribution >= 4 is 29.7 Å². The number of fused-ring (bicyclic) bond motifs is 1. The lowest BCUT2D eigenvalue weighted by molar-refractivity contribution is -0.250. The molecule has 0 unspecified atom stereocenters. The summed E-state index contributed by atoms with van der Waals surface area (Å²) in [6, 6.07) is 8.47. The van der Waals surface area contributed by atoms with Crippen molar-refractivity contribution in [3.05, 3.63) is 59.7 Å². The van der Waals surface area contributed by atoms with E-state index in [-0.39, 0.29) is 49.0 Å². The number of aliphatic carboxylic acids is 1. The van der Waals surface area contributed by atoms with Gasteiger partial charge in [-0.05, 0) is 60.4 Å². The number of ether oxygens (including phenoxy) is 3. The summed E-state index contributed by atoms with van der Waals surface area (Å²) in [7, 11) is 0. The molecule has 2 fully saturated rings. The van der Waals surface area contributed by atoms with E-state index >= 15 is 0 Å². The lowest BCUT2D eigenvalue weighted by Gasteiger charge is -2.51. The lowest BCUT2D eigenvalue weighted by atomic mass is 9.67. The Morgan fingerprint density at radius 3 is 2.30 bits per heavy atom. The molecule has 0 spiro atoms. The van der Waals surface area contributed by atoms with Gasteiger partial charge >= 0.3 is 5.97 Å². The van der Waals surface area contributed by atoms with E-state index in [1.54, 1.807) is 6.07 Å². The van der Waals surface area contributed by atoms with Crippen molar-refractivity contribution in [2.24, 2.45) is 11.7 Å². The quantitative estimate of drug-likeness (QED) is 0.132. The average molecular weight is 614 g/mol. The zero-order chi connectivity index (χ0) is 32.0. The molecule has 44 heavy (non-hydrogen) atoms. The van der Waals surface area contributed by atoms with E-state index in [2.05, 4.69) is 0 Å². The standard InChI is InChI=1S/C31H35NO12/c32-11-12-42-26-9-4-17(14-24(26)37)1-5-19(33)16-43-31(30(40)41)15-25(38)28(39)29-20(31)6-10-27(44-29)22(35)8-3-18-2-7-21(34)23(36)13-18/h1-5,7-9,13-14,20,25,27-29,34,36-39H,6,10-12,15-16,32H2,(H,40,41)/t20-,25+,27-,28+,29+,31-/m0/s1. The average Bonchev–Trinajstić information content (AvgIpc) is 3.00. The number of benzene rings is 2. The van der Waals surface area contributed by atoms with Gasteiger partial charge in [0.25, 0.3) is 0 Å². The van der Waals surface area contributed by atoms with Crippen molar-refractivity contribution in [3.8, 4) is 23.0 Å². The maximum atomic E-state index is 12.9. The third-order valence-electron chi connectivity index (χ3n) is 7.71. The number of hydrogen-bond donors (Lipinski definition) is 7. The van der Waals surface area contributed by atoms with E-state index in [1.165, 1.54) is 48.6 Å². The Bertz CT molecular complexity index is 1440. The van der Waals surface area contributed by atoms with Crippen molar-refractivity contribution < 1.29 is 59.2 Å². The number of carboxylic acids is 1. The Morgan fingerprint density at radius 1 is 0.955 bits per heavy atom. The predicted molar refractivity (Wildman–Crippen MR) is 155 cm³/mol. The van der Waals surface area contributed by atoms with Crippen LogP contribution in [0.2, 0.25) is 0 Å². The van der Waals surface area contributed by atoms with Crippen LogP contribution in [-0.4, -0.2) is 98.0 Å². The van der Waals surface area contributed by atoms with E-state index in [1.807, 2.05) is 0 Å². The molecule has 0 amide bonds. The molecular formula is C31H35NO12. The van der Waals surface area contributed by atoms with Crippen molar-refractivity contribution in [2.45, 2.75) is 49.3 Å². The summed E-state index contributed by atoms with van der Waals surface area (Å²) < 4.78 is 16.8. The fourth-order valence-corrected chi connectivity index (χ4v) is 5.45. The van der Waals surface area contributed by atoms with Gasteiger partial charge in [-0.3, -0.25) is 9.59 Å². The van der Waals surface area contributed by atoms with Gasteiger partial charge in [0.1, 0.15) is 25.4 Å². The Hall–Kier alpha value is -4.27. The predicted octanol–water partition coefficient (Wildman–Crippen LogP) is 1.14. The van der Waals surface area contributed by atoms with Crippen molar-refractivity contribution in [1.82, 2.24) is 0 Å². The van der Waals surface area contributed by atoms with Crippen LogP contribution in [0.1, 0.15) is 30.4 Å². The van der Waals surface area contributed by atoms with Crippen LogP contribution in [0.25, 0.3) is 12.2 Å². The number of carbonyl (C=O) groups is 3. The number of carbonyl (C=O) groups excluding carboxylic acids is 2. The summed E-state index contributed by atoms with van der Waals surface area (Å²) in [5.74, 6) is -4.14. The molecule has 1 aliphatic carbocycles. The first-order chi connectivity index (χ1) is 20.9. The van der Waals surface area contributed by atoms with Crippen LogP contribution in [0.15, 0.2) is 48.6 Å². The number of aliphatic hydroxyl groups is 2. The zero-order valence-corrected chi connectivity index (χ0v) is 23.6. The molecule has 0 bridgehead atoms. The first kappa shape index (κ1) is 32.6. The zero-order valence-electron chi connectivity index (χ0n) is 23.6. The fraction of sp³-hybridized carbons (Fsp3) is 0.387. The molecule has 0 aromatic heterocycles. The number of ketones is 2. The third kappa shape index (κ3) is 7.26. The number of hydrogen-bond acceptors (Lipinski definition) is 12. The molecule has 1 saturated heterocycles.